The molecule has 4 N–H and O–H groups in total. The van der Waals surface area contributed by atoms with Gasteiger partial charge in [-0.05, 0) is 44.2 Å². The van der Waals surface area contributed by atoms with Crippen molar-refractivity contribution in [3.8, 4) is 0 Å². The first kappa shape index (κ1) is 21.8. The summed E-state index contributed by atoms with van der Waals surface area (Å²) in [4.78, 5) is 46.4. The first-order valence-corrected chi connectivity index (χ1v) is 10.5. The molecule has 3 amide bonds. The molecule has 0 saturated carbocycles. The number of nitrogens with one attached hydrogen (secondary N) is 3. The number of hydrogen-bond acceptors (Lipinski definition) is 5. The standard InChI is InChI=1S/C17H26ClN3O5S/c1-10(5-4-6-12(18)22)19-15(25)17(8-3-2-7-13(23)24)14-11(9-27-17)20-16(26)21-14/h10-11,14H,2-9H2,1H3,(H,19,25)(H,23,24)(H2,20,21,26)/t10?,11-,14-,17-/m0/s1. The molecule has 8 nitrogen and oxygen atoms in total. The summed E-state index contributed by atoms with van der Waals surface area (Å²) >= 11 is 6.85. The highest BCUT2D eigenvalue weighted by Crippen LogP contribution is 2.44. The molecule has 2 saturated heterocycles. The van der Waals surface area contributed by atoms with Gasteiger partial charge in [-0.25, -0.2) is 4.79 Å². The number of thioether (sulfide) groups is 1. The van der Waals surface area contributed by atoms with Crippen LogP contribution < -0.4 is 16.0 Å². The number of aliphatic carboxylic acids is 1. The van der Waals surface area contributed by atoms with Gasteiger partial charge in [0.2, 0.25) is 11.1 Å². The van der Waals surface area contributed by atoms with E-state index in [-0.39, 0.29) is 42.9 Å². The van der Waals surface area contributed by atoms with Crippen LogP contribution >= 0.6 is 23.4 Å². The minimum Gasteiger partial charge on any atom is -0.481 e. The summed E-state index contributed by atoms with van der Waals surface area (Å²) in [5.74, 6) is -0.377. The van der Waals surface area contributed by atoms with Gasteiger partial charge in [0, 0.05) is 24.6 Å². The number of urea groups is 1. The smallest absolute Gasteiger partial charge is 0.315 e. The molecule has 0 aromatic rings. The Balaban J connectivity index is 2.01. The van der Waals surface area contributed by atoms with Crippen molar-refractivity contribution in [3.05, 3.63) is 0 Å². The maximum atomic E-state index is 13.1. The lowest BCUT2D eigenvalue weighted by atomic mass is 9.88. The van der Waals surface area contributed by atoms with Gasteiger partial charge in [-0.3, -0.25) is 14.4 Å². The van der Waals surface area contributed by atoms with Crippen LogP contribution in [0.15, 0.2) is 0 Å². The molecule has 0 bridgehead atoms. The van der Waals surface area contributed by atoms with Crippen LogP contribution in [0.4, 0.5) is 4.79 Å². The lowest BCUT2D eigenvalue weighted by molar-refractivity contribution is -0.137. The number of unbranched alkanes of at least 4 members (excludes halogenated alkanes) is 1. The summed E-state index contributed by atoms with van der Waals surface area (Å²) < 4.78 is -0.821. The van der Waals surface area contributed by atoms with Crippen LogP contribution in [-0.2, 0) is 14.4 Å². The van der Waals surface area contributed by atoms with E-state index >= 15 is 0 Å². The fourth-order valence-electron chi connectivity index (χ4n) is 3.62. The van der Waals surface area contributed by atoms with Gasteiger partial charge in [0.1, 0.15) is 4.75 Å². The number of carbonyl (C=O) groups excluding carboxylic acids is 3. The Hall–Kier alpha value is -1.48. The van der Waals surface area contributed by atoms with E-state index in [0.29, 0.717) is 37.9 Å². The van der Waals surface area contributed by atoms with Crippen molar-refractivity contribution in [2.45, 2.75) is 74.7 Å². The summed E-state index contributed by atoms with van der Waals surface area (Å²) in [6.07, 6.45) is 3.10. The molecule has 0 aromatic heterocycles. The fraction of sp³-hybridized carbons (Fsp3) is 0.765. The van der Waals surface area contributed by atoms with Gasteiger partial charge >= 0.3 is 12.0 Å². The van der Waals surface area contributed by atoms with Crippen LogP contribution in [0.2, 0.25) is 0 Å². The first-order valence-electron chi connectivity index (χ1n) is 9.16. The number of carbonyl (C=O) groups is 4. The molecule has 0 aromatic carbocycles. The minimum absolute atomic E-state index is 0.0595. The van der Waals surface area contributed by atoms with E-state index in [9.17, 15) is 19.2 Å². The molecule has 2 fully saturated rings. The molecule has 2 aliphatic heterocycles. The molecule has 4 atom stereocenters. The number of fused-ring (bicyclic) bond motifs is 1. The third-order valence-electron chi connectivity index (χ3n) is 4.99. The molecule has 0 aliphatic carbocycles. The summed E-state index contributed by atoms with van der Waals surface area (Å²) in [7, 11) is 0. The summed E-state index contributed by atoms with van der Waals surface area (Å²) in [5.41, 5.74) is 0. The topological polar surface area (TPSA) is 125 Å². The second-order valence-corrected chi connectivity index (χ2v) is 8.90. The van der Waals surface area contributed by atoms with Gasteiger partial charge in [-0.15, -0.1) is 11.8 Å². The lowest BCUT2D eigenvalue weighted by Crippen LogP contribution is -2.57. The Kier molecular flexibility index (Phi) is 7.79. The van der Waals surface area contributed by atoms with Crippen LogP contribution in [0, 0.1) is 0 Å². The van der Waals surface area contributed by atoms with Gasteiger partial charge < -0.3 is 21.1 Å². The number of halogens is 1. The van der Waals surface area contributed by atoms with E-state index in [1.54, 1.807) is 0 Å². The molecule has 0 spiro atoms. The average molecular weight is 420 g/mol. The number of rotatable bonds is 11. The highest BCUT2D eigenvalue weighted by molar-refractivity contribution is 8.01. The Morgan fingerprint density at radius 1 is 1.30 bits per heavy atom. The van der Waals surface area contributed by atoms with Crippen LogP contribution in [0.5, 0.6) is 0 Å². The Morgan fingerprint density at radius 3 is 2.70 bits per heavy atom. The number of hydrogen-bond donors (Lipinski definition) is 4. The van der Waals surface area contributed by atoms with E-state index in [0.717, 1.165) is 0 Å². The van der Waals surface area contributed by atoms with Crippen LogP contribution in [0.3, 0.4) is 0 Å². The van der Waals surface area contributed by atoms with E-state index < -0.39 is 16.0 Å². The average Bonchev–Trinajstić information content (AvgIpc) is 3.09. The number of carboxylic acid groups (broad SMARTS) is 1. The maximum absolute atomic E-state index is 13.1. The third-order valence-corrected chi connectivity index (χ3v) is 6.86. The maximum Gasteiger partial charge on any atom is 0.315 e. The molecular formula is C17H26ClN3O5S. The van der Waals surface area contributed by atoms with Gasteiger partial charge in [0.25, 0.3) is 0 Å². The van der Waals surface area contributed by atoms with Crippen molar-refractivity contribution in [2.24, 2.45) is 0 Å². The molecule has 10 heteroatoms. The monoisotopic (exact) mass is 419 g/mol. The molecule has 2 aliphatic rings. The lowest BCUT2D eigenvalue weighted by Gasteiger charge is -2.33. The first-order chi connectivity index (χ1) is 12.7. The summed E-state index contributed by atoms with van der Waals surface area (Å²) in [6, 6.07) is -0.843. The van der Waals surface area contributed by atoms with Gasteiger partial charge in [0.05, 0.1) is 12.1 Å². The predicted octanol–water partition coefficient (Wildman–Crippen LogP) is 1.61. The summed E-state index contributed by atoms with van der Waals surface area (Å²) in [5, 5.41) is 17.1. The van der Waals surface area contributed by atoms with Gasteiger partial charge in [-0.2, -0.15) is 0 Å². The Labute approximate surface area is 167 Å². The van der Waals surface area contributed by atoms with Crippen LogP contribution in [0.1, 0.15) is 51.9 Å². The molecule has 2 heterocycles. The molecule has 1 unspecified atom stereocenters. The molecule has 2 rings (SSSR count). The zero-order chi connectivity index (χ0) is 20.0. The molecular weight excluding hydrogens is 394 g/mol. The largest absolute Gasteiger partial charge is 0.481 e. The van der Waals surface area contributed by atoms with Crippen molar-refractivity contribution in [1.29, 1.82) is 0 Å². The minimum atomic E-state index is -0.858. The van der Waals surface area contributed by atoms with E-state index in [4.69, 9.17) is 16.7 Å². The molecule has 0 radical (unpaired) electrons. The predicted molar refractivity (Wildman–Crippen MR) is 103 cm³/mol. The highest BCUT2D eigenvalue weighted by Gasteiger charge is 2.57. The number of carboxylic acids is 1. The van der Waals surface area contributed by atoms with Crippen molar-refractivity contribution < 1.29 is 24.3 Å². The summed E-state index contributed by atoms with van der Waals surface area (Å²) in [6.45, 7) is 1.87. The van der Waals surface area contributed by atoms with E-state index in [1.165, 1.54) is 11.8 Å². The zero-order valence-electron chi connectivity index (χ0n) is 15.3. The van der Waals surface area contributed by atoms with Gasteiger partial charge in [0.15, 0.2) is 0 Å². The van der Waals surface area contributed by atoms with Crippen molar-refractivity contribution in [2.75, 3.05) is 5.75 Å². The quantitative estimate of drug-likeness (QED) is 0.229. The highest BCUT2D eigenvalue weighted by atomic mass is 35.5. The Morgan fingerprint density at radius 2 is 2.04 bits per heavy atom. The van der Waals surface area contributed by atoms with Crippen molar-refractivity contribution >= 4 is 46.5 Å². The van der Waals surface area contributed by atoms with Crippen LogP contribution in [-0.4, -0.2) is 56.9 Å². The number of amides is 3. The van der Waals surface area contributed by atoms with E-state index in [2.05, 4.69) is 16.0 Å². The molecule has 152 valence electrons. The molecule has 27 heavy (non-hydrogen) atoms. The van der Waals surface area contributed by atoms with Crippen molar-refractivity contribution in [3.63, 3.8) is 0 Å². The van der Waals surface area contributed by atoms with Crippen LogP contribution in [0.25, 0.3) is 0 Å². The zero-order valence-corrected chi connectivity index (χ0v) is 16.8. The third kappa shape index (κ3) is 5.75. The SMILES string of the molecule is CC(CCCC(=O)Cl)NC(=O)[C@@]1(CCCCC(=O)O)SC[C@@H]2NC(=O)N[C@@H]21. The van der Waals surface area contributed by atoms with Crippen molar-refractivity contribution in [1.82, 2.24) is 16.0 Å². The Bertz CT molecular complexity index is 605. The van der Waals surface area contributed by atoms with Gasteiger partial charge in [-0.1, -0.05) is 6.42 Å². The second kappa shape index (κ2) is 9.64. The normalized spacial score (nSPS) is 27.4. The fourth-order valence-corrected chi connectivity index (χ4v) is 5.39. The second-order valence-electron chi connectivity index (χ2n) is 7.13. The van der Waals surface area contributed by atoms with E-state index in [1.807, 2.05) is 6.92 Å².